The lowest BCUT2D eigenvalue weighted by atomic mass is 9.65. The van der Waals surface area contributed by atoms with Crippen molar-refractivity contribution in [3.8, 4) is 5.75 Å². The van der Waals surface area contributed by atoms with Crippen molar-refractivity contribution in [2.45, 2.75) is 44.6 Å². The van der Waals surface area contributed by atoms with Crippen LogP contribution in [0.1, 0.15) is 43.4 Å². The second kappa shape index (κ2) is 5.01. The van der Waals surface area contributed by atoms with E-state index in [9.17, 15) is 0 Å². The van der Waals surface area contributed by atoms with E-state index in [0.29, 0.717) is 5.92 Å². The third-order valence-corrected chi connectivity index (χ3v) is 6.72. The van der Waals surface area contributed by atoms with E-state index in [2.05, 4.69) is 35.0 Å². The zero-order chi connectivity index (χ0) is 15.6. The molecule has 6 rings (SSSR count). The van der Waals surface area contributed by atoms with Crippen molar-refractivity contribution in [2.24, 2.45) is 11.8 Å². The largest absolute Gasteiger partial charge is 0.497 e. The van der Waals surface area contributed by atoms with Crippen molar-refractivity contribution in [2.75, 3.05) is 20.2 Å². The van der Waals surface area contributed by atoms with E-state index < -0.39 is 0 Å². The van der Waals surface area contributed by atoms with Gasteiger partial charge >= 0.3 is 0 Å². The Kier molecular flexibility index (Phi) is 3.03. The maximum atomic E-state index is 5.42. The van der Waals surface area contributed by atoms with Crippen LogP contribution in [0.3, 0.4) is 0 Å². The predicted octanol–water partition coefficient (Wildman–Crippen LogP) is 3.94. The summed E-state index contributed by atoms with van der Waals surface area (Å²) in [6.45, 7) is 4.96. The van der Waals surface area contributed by atoms with Crippen molar-refractivity contribution in [3.05, 3.63) is 29.5 Å². The lowest BCUT2D eigenvalue weighted by Gasteiger charge is -2.53. The van der Waals surface area contributed by atoms with Crippen LogP contribution in [0.5, 0.6) is 5.75 Å². The summed E-state index contributed by atoms with van der Waals surface area (Å²) in [6.07, 6.45) is 5.36. The van der Waals surface area contributed by atoms with E-state index >= 15 is 0 Å². The number of H-pyrrole nitrogens is 1. The molecule has 2 aromatic rings. The van der Waals surface area contributed by atoms with Crippen LogP contribution in [-0.4, -0.2) is 36.1 Å². The smallest absolute Gasteiger partial charge is 0.120 e. The molecule has 1 saturated carbocycles. The normalized spacial score (nSPS) is 35.1. The van der Waals surface area contributed by atoms with Gasteiger partial charge in [0, 0.05) is 47.7 Å². The average Bonchev–Trinajstić information content (AvgIpc) is 2.92. The number of nitrogens with zero attached hydrogens (tertiary/aromatic N) is 1. The first kappa shape index (κ1) is 13.9. The third-order valence-electron chi connectivity index (χ3n) is 6.72. The number of rotatable bonds is 2. The monoisotopic (exact) mass is 310 g/mol. The molecule has 0 spiro atoms. The van der Waals surface area contributed by atoms with E-state index in [1.807, 2.05) is 0 Å². The van der Waals surface area contributed by atoms with Gasteiger partial charge in [0.25, 0.3) is 0 Å². The van der Waals surface area contributed by atoms with Crippen molar-refractivity contribution in [1.29, 1.82) is 0 Å². The van der Waals surface area contributed by atoms with Crippen LogP contribution in [0.25, 0.3) is 10.9 Å². The number of aromatic nitrogens is 1. The van der Waals surface area contributed by atoms with Crippen LogP contribution in [0.4, 0.5) is 0 Å². The highest BCUT2D eigenvalue weighted by Gasteiger charge is 2.48. The van der Waals surface area contributed by atoms with Crippen molar-refractivity contribution in [3.63, 3.8) is 0 Å². The van der Waals surface area contributed by atoms with Crippen LogP contribution in [-0.2, 0) is 6.42 Å². The average molecular weight is 310 g/mol. The number of ether oxygens (including phenoxy) is 1. The van der Waals surface area contributed by atoms with Gasteiger partial charge in [-0.3, -0.25) is 4.90 Å². The molecule has 0 amide bonds. The van der Waals surface area contributed by atoms with Gasteiger partial charge in [-0.15, -0.1) is 0 Å². The predicted molar refractivity (Wildman–Crippen MR) is 93.2 cm³/mol. The standard InChI is InChI=1S/C20H26N2O/c1-3-13-8-12-9-17-19-16(6-7-22(11-12)20(13)17)15-5-4-14(23-2)10-18(15)21-19/h4-5,10,12-13,17,20-21H,3,6-9,11H2,1-2H3/t12-,13-,17-,20-/m0/s1. The number of nitrogens with one attached hydrogen (secondary N) is 1. The van der Waals surface area contributed by atoms with Gasteiger partial charge < -0.3 is 9.72 Å². The molecule has 4 aliphatic rings. The van der Waals surface area contributed by atoms with E-state index in [-0.39, 0.29) is 0 Å². The summed E-state index contributed by atoms with van der Waals surface area (Å²) in [6, 6.07) is 7.29. The lowest BCUT2D eigenvalue weighted by molar-refractivity contribution is -0.0134. The minimum absolute atomic E-state index is 0.711. The Morgan fingerprint density at radius 3 is 3.04 bits per heavy atom. The molecule has 4 heterocycles. The Morgan fingerprint density at radius 2 is 2.22 bits per heavy atom. The highest BCUT2D eigenvalue weighted by molar-refractivity contribution is 5.86. The first-order valence-corrected chi connectivity index (χ1v) is 9.21. The molecule has 1 N–H and O–H groups in total. The molecule has 3 nitrogen and oxygen atoms in total. The molecule has 3 aliphatic heterocycles. The van der Waals surface area contributed by atoms with Crippen molar-refractivity contribution >= 4 is 10.9 Å². The number of hydrogen-bond acceptors (Lipinski definition) is 2. The Bertz CT molecular complexity index is 749. The first-order valence-electron chi connectivity index (χ1n) is 9.21. The number of fused-ring (bicyclic) bond motifs is 4. The topological polar surface area (TPSA) is 28.3 Å². The molecule has 3 fully saturated rings. The number of methoxy groups -OCH3 is 1. The second-order valence-electron chi connectivity index (χ2n) is 7.78. The van der Waals surface area contributed by atoms with Gasteiger partial charge in [0.05, 0.1) is 7.11 Å². The zero-order valence-electron chi connectivity index (χ0n) is 14.1. The molecule has 1 unspecified atom stereocenters. The molecule has 2 saturated heterocycles. The third kappa shape index (κ3) is 1.92. The Hall–Kier alpha value is -1.48. The molecule has 1 aromatic carbocycles. The fourth-order valence-corrected chi connectivity index (χ4v) is 5.81. The summed E-state index contributed by atoms with van der Waals surface area (Å²) in [5.41, 5.74) is 4.39. The molecule has 1 aromatic heterocycles. The first-order chi connectivity index (χ1) is 11.3. The van der Waals surface area contributed by atoms with Crippen molar-refractivity contribution < 1.29 is 4.74 Å². The summed E-state index contributed by atoms with van der Waals surface area (Å²) in [7, 11) is 1.75. The maximum absolute atomic E-state index is 5.42. The highest BCUT2D eigenvalue weighted by atomic mass is 16.5. The molecule has 122 valence electrons. The summed E-state index contributed by atoms with van der Waals surface area (Å²) in [5.74, 6) is 3.46. The molecular formula is C20H26N2O. The maximum Gasteiger partial charge on any atom is 0.120 e. The summed E-state index contributed by atoms with van der Waals surface area (Å²) < 4.78 is 5.42. The minimum Gasteiger partial charge on any atom is -0.497 e. The highest BCUT2D eigenvalue weighted by Crippen LogP contribution is 2.51. The van der Waals surface area contributed by atoms with Crippen LogP contribution in [0.2, 0.25) is 0 Å². The quantitative estimate of drug-likeness (QED) is 0.910. The lowest BCUT2D eigenvalue weighted by Crippen LogP contribution is -2.56. The number of hydrogen-bond donors (Lipinski definition) is 1. The Balaban J connectivity index is 1.66. The molecule has 5 atom stereocenters. The number of piperidine rings is 2. The summed E-state index contributed by atoms with van der Waals surface area (Å²) in [5, 5.41) is 1.42. The van der Waals surface area contributed by atoms with Gasteiger partial charge in [-0.2, -0.15) is 0 Å². The van der Waals surface area contributed by atoms with Gasteiger partial charge in [0.1, 0.15) is 5.75 Å². The van der Waals surface area contributed by atoms with Gasteiger partial charge in [-0.1, -0.05) is 13.3 Å². The minimum atomic E-state index is 0.711. The summed E-state index contributed by atoms with van der Waals surface area (Å²) in [4.78, 5) is 6.63. The fraction of sp³-hybridized carbons (Fsp3) is 0.600. The van der Waals surface area contributed by atoms with Gasteiger partial charge in [-0.05, 0) is 48.8 Å². The molecule has 23 heavy (non-hydrogen) atoms. The van der Waals surface area contributed by atoms with E-state index in [0.717, 1.165) is 23.6 Å². The van der Waals surface area contributed by atoms with Crippen LogP contribution in [0, 0.1) is 11.8 Å². The van der Waals surface area contributed by atoms with E-state index in [4.69, 9.17) is 4.74 Å². The van der Waals surface area contributed by atoms with Crippen molar-refractivity contribution in [1.82, 2.24) is 9.88 Å². The fourth-order valence-electron chi connectivity index (χ4n) is 5.81. The molecule has 4 bridgehead atoms. The van der Waals surface area contributed by atoms with E-state index in [1.165, 1.54) is 49.7 Å². The van der Waals surface area contributed by atoms with Gasteiger partial charge in [0.15, 0.2) is 0 Å². The van der Waals surface area contributed by atoms with Crippen LogP contribution >= 0.6 is 0 Å². The second-order valence-corrected chi connectivity index (χ2v) is 7.78. The SMILES string of the molecule is CC[C@H]1C[C@H]2C[C@H]3c4[nH]c5cc(OC)ccc5c4CCN(C2)[C@@H]13. The Labute approximate surface area is 138 Å². The van der Waals surface area contributed by atoms with Crippen LogP contribution in [0.15, 0.2) is 18.2 Å². The summed E-state index contributed by atoms with van der Waals surface area (Å²) >= 11 is 0. The van der Waals surface area contributed by atoms with Gasteiger partial charge in [-0.25, -0.2) is 0 Å². The molecule has 0 radical (unpaired) electrons. The molecule has 3 heteroatoms. The van der Waals surface area contributed by atoms with Gasteiger partial charge in [0.2, 0.25) is 0 Å². The number of aromatic amines is 1. The molecule has 1 aliphatic carbocycles. The van der Waals surface area contributed by atoms with E-state index in [1.54, 1.807) is 18.4 Å². The Morgan fingerprint density at radius 1 is 1.30 bits per heavy atom. The van der Waals surface area contributed by atoms with Crippen LogP contribution < -0.4 is 4.74 Å². The molecular weight excluding hydrogens is 284 g/mol. The number of benzene rings is 1. The zero-order valence-corrected chi connectivity index (χ0v) is 14.1.